The number of halogens is 3. The molecule has 0 aliphatic carbocycles. The number of hydrogen-bond donors (Lipinski definition) is 2. The summed E-state index contributed by atoms with van der Waals surface area (Å²) in [5.74, 6) is 0.103. The van der Waals surface area contributed by atoms with E-state index in [0.717, 1.165) is 25.9 Å². The zero-order valence-corrected chi connectivity index (χ0v) is 9.29. The molecule has 1 aliphatic rings. The van der Waals surface area contributed by atoms with Gasteiger partial charge in [0.05, 0.1) is 6.54 Å². The fourth-order valence-corrected chi connectivity index (χ4v) is 1.61. The van der Waals surface area contributed by atoms with Crippen LogP contribution < -0.4 is 10.6 Å². The molecule has 0 aromatic rings. The fraction of sp³-hybridized carbons (Fsp3) is 0.889. The number of hydrogen-bond acceptors (Lipinski definition) is 2. The van der Waals surface area contributed by atoms with Crippen LogP contribution in [-0.2, 0) is 4.79 Å². The average Bonchev–Trinajstić information content (AvgIpc) is 2.16. The molecule has 0 aromatic carbocycles. The van der Waals surface area contributed by atoms with Crippen LogP contribution in [-0.4, -0.2) is 32.0 Å². The molecule has 1 aliphatic heterocycles. The number of nitrogens with one attached hydrogen (secondary N) is 2. The van der Waals surface area contributed by atoms with Crippen molar-refractivity contribution in [2.24, 2.45) is 5.92 Å². The molecule has 0 spiro atoms. The van der Waals surface area contributed by atoms with Gasteiger partial charge in [-0.05, 0) is 31.8 Å². The van der Waals surface area contributed by atoms with Crippen molar-refractivity contribution in [3.05, 3.63) is 0 Å². The van der Waals surface area contributed by atoms with Gasteiger partial charge in [0.1, 0.15) is 0 Å². The van der Waals surface area contributed by atoms with E-state index in [-0.39, 0.29) is 18.3 Å². The zero-order valence-electron chi connectivity index (χ0n) is 8.47. The largest absolute Gasteiger partial charge is 0.350 e. The predicted molar refractivity (Wildman–Crippen MR) is 56.5 cm³/mol. The SMILES string of the molecule is Cl.O=C(CC1CCNCC1)NCC(F)F. The van der Waals surface area contributed by atoms with Gasteiger partial charge in [-0.25, -0.2) is 8.78 Å². The lowest BCUT2D eigenvalue weighted by atomic mass is 9.94. The van der Waals surface area contributed by atoms with E-state index in [0.29, 0.717) is 12.3 Å². The van der Waals surface area contributed by atoms with Gasteiger partial charge in [0, 0.05) is 6.42 Å². The van der Waals surface area contributed by atoms with E-state index in [2.05, 4.69) is 10.6 Å². The smallest absolute Gasteiger partial charge is 0.255 e. The minimum absolute atomic E-state index is 0. The van der Waals surface area contributed by atoms with Crippen molar-refractivity contribution < 1.29 is 13.6 Å². The van der Waals surface area contributed by atoms with Gasteiger partial charge >= 0.3 is 0 Å². The number of carbonyl (C=O) groups excluding carboxylic acids is 1. The van der Waals surface area contributed by atoms with Gasteiger partial charge in [-0.1, -0.05) is 0 Å². The maximum absolute atomic E-state index is 11.7. The van der Waals surface area contributed by atoms with Gasteiger partial charge < -0.3 is 10.6 Å². The normalized spacial score (nSPS) is 17.3. The third-order valence-electron chi connectivity index (χ3n) is 2.39. The molecular weight excluding hydrogens is 226 g/mol. The Morgan fingerprint density at radius 3 is 2.53 bits per heavy atom. The average molecular weight is 243 g/mol. The second kappa shape index (κ2) is 7.82. The van der Waals surface area contributed by atoms with Crippen LogP contribution in [0.15, 0.2) is 0 Å². The summed E-state index contributed by atoms with van der Waals surface area (Å²) in [6.45, 7) is 1.32. The van der Waals surface area contributed by atoms with Crippen molar-refractivity contribution in [1.29, 1.82) is 0 Å². The van der Waals surface area contributed by atoms with E-state index in [9.17, 15) is 13.6 Å². The van der Waals surface area contributed by atoms with Crippen molar-refractivity contribution in [1.82, 2.24) is 10.6 Å². The van der Waals surface area contributed by atoms with Crippen LogP contribution in [0.25, 0.3) is 0 Å². The Bertz CT molecular complexity index is 187. The number of alkyl halides is 2. The molecule has 2 N–H and O–H groups in total. The number of piperidine rings is 1. The molecule has 0 bridgehead atoms. The molecule has 0 saturated carbocycles. The van der Waals surface area contributed by atoms with E-state index < -0.39 is 13.0 Å². The highest BCUT2D eigenvalue weighted by Gasteiger charge is 2.17. The van der Waals surface area contributed by atoms with Crippen LogP contribution in [0.5, 0.6) is 0 Å². The third kappa shape index (κ3) is 6.62. The molecule has 0 aromatic heterocycles. The summed E-state index contributed by atoms with van der Waals surface area (Å²) >= 11 is 0. The number of amides is 1. The molecule has 3 nitrogen and oxygen atoms in total. The highest BCUT2D eigenvalue weighted by atomic mass is 35.5. The minimum atomic E-state index is -2.45. The summed E-state index contributed by atoms with van der Waals surface area (Å²) < 4.78 is 23.5. The van der Waals surface area contributed by atoms with Crippen molar-refractivity contribution in [2.45, 2.75) is 25.7 Å². The lowest BCUT2D eigenvalue weighted by Crippen LogP contribution is -2.33. The van der Waals surface area contributed by atoms with Gasteiger partial charge in [-0.15, -0.1) is 12.4 Å². The first kappa shape index (κ1) is 14.6. The molecule has 1 heterocycles. The lowest BCUT2D eigenvalue weighted by molar-refractivity contribution is -0.122. The topological polar surface area (TPSA) is 41.1 Å². The molecule has 0 radical (unpaired) electrons. The molecule has 15 heavy (non-hydrogen) atoms. The van der Waals surface area contributed by atoms with Gasteiger partial charge in [0.2, 0.25) is 5.91 Å². The van der Waals surface area contributed by atoms with Crippen molar-refractivity contribution >= 4 is 18.3 Å². The van der Waals surface area contributed by atoms with Crippen LogP contribution >= 0.6 is 12.4 Å². The van der Waals surface area contributed by atoms with Gasteiger partial charge in [0.25, 0.3) is 6.43 Å². The van der Waals surface area contributed by atoms with Crippen LogP contribution in [0.2, 0.25) is 0 Å². The molecule has 90 valence electrons. The first-order valence-corrected chi connectivity index (χ1v) is 4.94. The molecule has 6 heteroatoms. The van der Waals surface area contributed by atoms with E-state index in [1.165, 1.54) is 0 Å². The van der Waals surface area contributed by atoms with Crippen molar-refractivity contribution in [3.8, 4) is 0 Å². The second-order valence-electron chi connectivity index (χ2n) is 3.59. The maximum Gasteiger partial charge on any atom is 0.255 e. The maximum atomic E-state index is 11.7. The summed E-state index contributed by atoms with van der Waals surface area (Å²) in [5, 5.41) is 5.41. The van der Waals surface area contributed by atoms with E-state index in [1.807, 2.05) is 0 Å². The van der Waals surface area contributed by atoms with E-state index in [4.69, 9.17) is 0 Å². The van der Waals surface area contributed by atoms with Crippen molar-refractivity contribution in [2.75, 3.05) is 19.6 Å². The van der Waals surface area contributed by atoms with Crippen LogP contribution in [0.4, 0.5) is 8.78 Å². The second-order valence-corrected chi connectivity index (χ2v) is 3.59. The molecule has 1 rings (SSSR count). The third-order valence-corrected chi connectivity index (χ3v) is 2.39. The Morgan fingerprint density at radius 2 is 2.00 bits per heavy atom. The Hall–Kier alpha value is -0.420. The fourth-order valence-electron chi connectivity index (χ4n) is 1.61. The molecule has 1 saturated heterocycles. The van der Waals surface area contributed by atoms with Gasteiger partial charge in [-0.3, -0.25) is 4.79 Å². The minimum Gasteiger partial charge on any atom is -0.350 e. The summed E-state index contributed by atoms with van der Waals surface area (Å²) in [6.07, 6.45) is -0.148. The van der Waals surface area contributed by atoms with Crippen LogP contribution in [0.1, 0.15) is 19.3 Å². The van der Waals surface area contributed by atoms with E-state index >= 15 is 0 Å². The Balaban J connectivity index is 0.00000196. The summed E-state index contributed by atoms with van der Waals surface area (Å²) in [6, 6.07) is 0. The standard InChI is InChI=1S/C9H16F2N2O.ClH/c10-8(11)6-13-9(14)5-7-1-3-12-4-2-7;/h7-8,12H,1-6H2,(H,13,14);1H. The quantitative estimate of drug-likeness (QED) is 0.777. The predicted octanol–water partition coefficient (Wildman–Crippen LogP) is 1.18. The first-order chi connectivity index (χ1) is 6.68. The zero-order chi connectivity index (χ0) is 10.4. The molecule has 0 unspecified atom stereocenters. The molecular formula is C9H17ClF2N2O. The lowest BCUT2D eigenvalue weighted by Gasteiger charge is -2.21. The Kier molecular flexibility index (Phi) is 7.60. The Morgan fingerprint density at radius 1 is 1.40 bits per heavy atom. The van der Waals surface area contributed by atoms with Crippen LogP contribution in [0, 0.1) is 5.92 Å². The monoisotopic (exact) mass is 242 g/mol. The first-order valence-electron chi connectivity index (χ1n) is 4.94. The molecule has 1 amide bonds. The van der Waals surface area contributed by atoms with Crippen LogP contribution in [0.3, 0.4) is 0 Å². The Labute approximate surface area is 94.4 Å². The number of rotatable bonds is 4. The molecule has 0 atom stereocenters. The highest BCUT2D eigenvalue weighted by molar-refractivity contribution is 5.85. The summed E-state index contributed by atoms with van der Waals surface area (Å²) in [4.78, 5) is 11.2. The molecule has 1 fully saturated rings. The van der Waals surface area contributed by atoms with Crippen molar-refractivity contribution in [3.63, 3.8) is 0 Å². The summed E-state index contributed by atoms with van der Waals surface area (Å²) in [7, 11) is 0. The van der Waals surface area contributed by atoms with E-state index in [1.54, 1.807) is 0 Å². The number of carbonyl (C=O) groups is 1. The van der Waals surface area contributed by atoms with Gasteiger partial charge in [0.15, 0.2) is 0 Å². The summed E-state index contributed by atoms with van der Waals surface area (Å²) in [5.41, 5.74) is 0. The highest BCUT2D eigenvalue weighted by Crippen LogP contribution is 2.15. The van der Waals surface area contributed by atoms with Gasteiger partial charge in [-0.2, -0.15) is 0 Å².